The van der Waals surface area contributed by atoms with E-state index in [0.29, 0.717) is 17.7 Å². The van der Waals surface area contributed by atoms with Crippen LogP contribution < -0.4 is 10.6 Å². The number of amides is 1. The van der Waals surface area contributed by atoms with Crippen molar-refractivity contribution in [3.05, 3.63) is 114 Å². The van der Waals surface area contributed by atoms with E-state index in [-0.39, 0.29) is 12.5 Å². The van der Waals surface area contributed by atoms with Gasteiger partial charge in [-0.15, -0.1) is 0 Å². The van der Waals surface area contributed by atoms with Crippen LogP contribution >= 0.6 is 0 Å². The Hall–Kier alpha value is -4.07. The Balaban J connectivity index is 1.44. The molecular formula is C28H28N4O3. The topological polar surface area (TPSA) is 107 Å². The summed E-state index contributed by atoms with van der Waals surface area (Å²) in [6.07, 6.45) is 4.24. The second-order valence-electron chi connectivity index (χ2n) is 8.29. The van der Waals surface area contributed by atoms with Crippen LogP contribution in [-0.4, -0.2) is 38.7 Å². The number of hydrogen-bond acceptors (Lipinski definition) is 6. The van der Waals surface area contributed by atoms with E-state index in [9.17, 15) is 15.0 Å². The smallest absolute Gasteiger partial charge is 0.251 e. The summed E-state index contributed by atoms with van der Waals surface area (Å²) in [5.74, 6) is -0.362. The zero-order valence-electron chi connectivity index (χ0n) is 19.4. The van der Waals surface area contributed by atoms with Crippen LogP contribution in [0.15, 0.2) is 91.4 Å². The van der Waals surface area contributed by atoms with Gasteiger partial charge in [0.25, 0.3) is 5.91 Å². The summed E-state index contributed by atoms with van der Waals surface area (Å²) in [5, 5.41) is 26.5. The third kappa shape index (κ3) is 6.09. The molecule has 0 unspecified atom stereocenters. The summed E-state index contributed by atoms with van der Waals surface area (Å²) in [4.78, 5) is 21.6. The first-order chi connectivity index (χ1) is 17.0. The molecule has 4 rings (SSSR count). The Morgan fingerprint density at radius 3 is 2.54 bits per heavy atom. The van der Waals surface area contributed by atoms with Crippen molar-refractivity contribution in [1.29, 1.82) is 0 Å². The number of aryl methyl sites for hydroxylation is 1. The summed E-state index contributed by atoms with van der Waals surface area (Å²) in [6, 6.07) is 21.3. The molecule has 0 saturated heterocycles. The number of anilines is 1. The lowest BCUT2D eigenvalue weighted by molar-refractivity contribution is 0.0703. The number of hydrogen-bond donors (Lipinski definition) is 4. The van der Waals surface area contributed by atoms with Crippen LogP contribution in [0.1, 0.15) is 33.2 Å². The molecule has 0 fully saturated rings. The van der Waals surface area contributed by atoms with Gasteiger partial charge in [-0.25, -0.2) is 0 Å². The van der Waals surface area contributed by atoms with Gasteiger partial charge in [0, 0.05) is 36.3 Å². The van der Waals surface area contributed by atoms with Crippen molar-refractivity contribution in [2.45, 2.75) is 25.6 Å². The first-order valence-electron chi connectivity index (χ1n) is 11.4. The number of carbonyl (C=O) groups excluding carboxylic acids is 1. The van der Waals surface area contributed by atoms with Crippen molar-refractivity contribution in [1.82, 2.24) is 15.3 Å². The summed E-state index contributed by atoms with van der Waals surface area (Å²) in [5.41, 5.74) is 5.65. The lowest BCUT2D eigenvalue weighted by Gasteiger charge is -2.23. The molecule has 0 radical (unpaired) electrons. The fourth-order valence-corrected chi connectivity index (χ4v) is 3.77. The third-order valence-corrected chi connectivity index (χ3v) is 5.83. The Bertz CT molecular complexity index is 1270. The predicted molar refractivity (Wildman–Crippen MR) is 136 cm³/mol. The van der Waals surface area contributed by atoms with Crippen molar-refractivity contribution >= 4 is 11.6 Å². The highest BCUT2D eigenvalue weighted by Gasteiger charge is 2.23. The first kappa shape index (κ1) is 24.1. The number of aliphatic hydroxyl groups is 2. The summed E-state index contributed by atoms with van der Waals surface area (Å²) < 4.78 is 0. The summed E-state index contributed by atoms with van der Waals surface area (Å²) in [6.45, 7) is 2.09. The van der Waals surface area contributed by atoms with Crippen LogP contribution in [0.25, 0.3) is 11.3 Å². The number of nitrogens with zero attached hydrogens (tertiary/aromatic N) is 2. The maximum Gasteiger partial charge on any atom is 0.251 e. The zero-order chi connectivity index (χ0) is 24.6. The minimum absolute atomic E-state index is 0.362. The second-order valence-corrected chi connectivity index (χ2v) is 8.29. The van der Waals surface area contributed by atoms with E-state index in [0.717, 1.165) is 28.1 Å². The molecule has 2 heterocycles. The van der Waals surface area contributed by atoms with Gasteiger partial charge in [0.15, 0.2) is 0 Å². The van der Waals surface area contributed by atoms with E-state index >= 15 is 0 Å². The number of benzene rings is 2. The van der Waals surface area contributed by atoms with E-state index in [1.54, 1.807) is 48.9 Å². The van der Waals surface area contributed by atoms with Gasteiger partial charge in [0.2, 0.25) is 0 Å². The molecule has 4 N–H and O–H groups in total. The highest BCUT2D eigenvalue weighted by molar-refractivity contribution is 5.94. The second kappa shape index (κ2) is 11.4. The molecule has 4 aromatic rings. The minimum Gasteiger partial charge on any atom is -0.394 e. The SMILES string of the molecule is Cc1ccc(C(=O)N[C@@H](CO)[C@@H](O)c2ccccc2)cc1CNc1cncc(-c2ccccn2)c1. The van der Waals surface area contributed by atoms with Gasteiger partial charge in [-0.05, 0) is 53.9 Å². The van der Waals surface area contributed by atoms with E-state index in [1.165, 1.54) is 0 Å². The Kier molecular flexibility index (Phi) is 7.82. The van der Waals surface area contributed by atoms with Crippen LogP contribution in [0, 0.1) is 6.92 Å². The molecule has 0 aliphatic carbocycles. The van der Waals surface area contributed by atoms with E-state index in [1.807, 2.05) is 49.4 Å². The molecular weight excluding hydrogens is 440 g/mol. The van der Waals surface area contributed by atoms with Gasteiger partial charge in [0.05, 0.1) is 24.0 Å². The molecule has 0 spiro atoms. The number of rotatable bonds is 9. The predicted octanol–water partition coefficient (Wildman–Crippen LogP) is 3.89. The molecule has 7 nitrogen and oxygen atoms in total. The van der Waals surface area contributed by atoms with Crippen LogP contribution in [0.5, 0.6) is 0 Å². The zero-order valence-corrected chi connectivity index (χ0v) is 19.4. The number of aliphatic hydroxyl groups excluding tert-OH is 2. The number of pyridine rings is 2. The van der Waals surface area contributed by atoms with Crippen molar-refractivity contribution < 1.29 is 15.0 Å². The van der Waals surface area contributed by atoms with Gasteiger partial charge < -0.3 is 20.8 Å². The minimum atomic E-state index is -1.02. The standard InChI is InChI=1S/C28H28N4O3/c1-19-10-11-21(28(35)32-26(18-33)27(34)20-7-3-2-4-8-20)13-22(19)16-31-24-14-23(15-29-17-24)25-9-5-6-12-30-25/h2-15,17,26-27,31,33-34H,16,18H2,1H3,(H,32,35)/t26-,27-/m0/s1. The van der Waals surface area contributed by atoms with Crippen LogP contribution in [-0.2, 0) is 6.54 Å². The summed E-state index contributed by atoms with van der Waals surface area (Å²) in [7, 11) is 0. The van der Waals surface area contributed by atoms with Gasteiger partial charge >= 0.3 is 0 Å². The summed E-state index contributed by atoms with van der Waals surface area (Å²) >= 11 is 0. The fourth-order valence-electron chi connectivity index (χ4n) is 3.77. The first-order valence-corrected chi connectivity index (χ1v) is 11.4. The maximum atomic E-state index is 12.9. The third-order valence-electron chi connectivity index (χ3n) is 5.83. The number of aromatic nitrogens is 2. The van der Waals surface area contributed by atoms with Crippen molar-refractivity contribution in [2.75, 3.05) is 11.9 Å². The van der Waals surface area contributed by atoms with Crippen molar-refractivity contribution in [3.63, 3.8) is 0 Å². The average molecular weight is 469 g/mol. The Morgan fingerprint density at radius 1 is 1.00 bits per heavy atom. The molecule has 0 aliphatic rings. The van der Waals surface area contributed by atoms with Crippen LogP contribution in [0.2, 0.25) is 0 Å². The van der Waals surface area contributed by atoms with Gasteiger partial charge in [-0.1, -0.05) is 42.5 Å². The molecule has 2 atom stereocenters. The molecule has 0 aliphatic heterocycles. The van der Waals surface area contributed by atoms with Crippen LogP contribution in [0.4, 0.5) is 5.69 Å². The average Bonchev–Trinajstić information content (AvgIpc) is 2.92. The van der Waals surface area contributed by atoms with E-state index in [2.05, 4.69) is 20.6 Å². The molecule has 178 valence electrons. The maximum absolute atomic E-state index is 12.9. The molecule has 2 aromatic heterocycles. The lowest BCUT2D eigenvalue weighted by atomic mass is 10.0. The molecule has 1 amide bonds. The van der Waals surface area contributed by atoms with Gasteiger partial charge in [-0.2, -0.15) is 0 Å². The van der Waals surface area contributed by atoms with Crippen LogP contribution in [0.3, 0.4) is 0 Å². The highest BCUT2D eigenvalue weighted by atomic mass is 16.3. The molecule has 0 bridgehead atoms. The Labute approximate surface area is 204 Å². The van der Waals surface area contributed by atoms with Gasteiger partial charge in [-0.3, -0.25) is 14.8 Å². The number of nitrogens with one attached hydrogen (secondary N) is 2. The van der Waals surface area contributed by atoms with E-state index in [4.69, 9.17) is 0 Å². The largest absolute Gasteiger partial charge is 0.394 e. The quantitative estimate of drug-likeness (QED) is 0.297. The highest BCUT2D eigenvalue weighted by Crippen LogP contribution is 2.21. The molecule has 35 heavy (non-hydrogen) atoms. The molecule has 2 aromatic carbocycles. The van der Waals surface area contributed by atoms with Crippen molar-refractivity contribution in [2.24, 2.45) is 0 Å². The fraction of sp³-hybridized carbons (Fsp3) is 0.179. The van der Waals surface area contributed by atoms with E-state index < -0.39 is 12.1 Å². The number of carbonyl (C=O) groups is 1. The molecule has 7 heteroatoms. The monoisotopic (exact) mass is 468 g/mol. The van der Waals surface area contributed by atoms with Crippen molar-refractivity contribution in [3.8, 4) is 11.3 Å². The lowest BCUT2D eigenvalue weighted by Crippen LogP contribution is -2.42. The molecule has 0 saturated carbocycles. The Morgan fingerprint density at radius 2 is 1.80 bits per heavy atom. The van der Waals surface area contributed by atoms with Gasteiger partial charge in [0.1, 0.15) is 6.10 Å². The normalized spacial score (nSPS) is 12.5.